The van der Waals surface area contributed by atoms with Gasteiger partial charge in [-0.05, 0) is 136 Å². The summed E-state index contributed by atoms with van der Waals surface area (Å²) >= 11 is 0. The SMILES string of the molecule is COC(=O)C12CC3CC(C1)CC(C14CC5CC(CC(C(=O)N(CCc6ccccc6)C6CCCCC6)(C5)C1)C4)(C3)C2. The fraction of sp³-hybridized carbons (Fsp3) is 0.784. The average molecular weight is 558 g/mol. The van der Waals surface area contributed by atoms with E-state index in [9.17, 15) is 4.79 Å². The van der Waals surface area contributed by atoms with E-state index in [4.69, 9.17) is 4.74 Å². The Balaban J connectivity index is 1.13. The summed E-state index contributed by atoms with van der Waals surface area (Å²) < 4.78 is 5.52. The van der Waals surface area contributed by atoms with Crippen LogP contribution in [0, 0.1) is 45.3 Å². The number of nitrogens with zero attached hydrogens (tertiary/aromatic N) is 1. The first-order valence-corrected chi connectivity index (χ1v) is 17.3. The number of ether oxygens (including phenoxy) is 1. The molecule has 1 aromatic carbocycles. The topological polar surface area (TPSA) is 46.6 Å². The quantitative estimate of drug-likeness (QED) is 0.322. The highest BCUT2D eigenvalue weighted by atomic mass is 16.5. The number of carbonyl (C=O) groups excluding carboxylic acids is 2. The number of benzene rings is 1. The molecule has 0 N–H and O–H groups in total. The van der Waals surface area contributed by atoms with Gasteiger partial charge in [-0.2, -0.15) is 0 Å². The van der Waals surface area contributed by atoms with Crippen LogP contribution in [0.1, 0.15) is 115 Å². The zero-order chi connectivity index (χ0) is 27.9. The molecule has 0 aliphatic heterocycles. The van der Waals surface area contributed by atoms with Gasteiger partial charge in [-0.15, -0.1) is 0 Å². The lowest BCUT2D eigenvalue weighted by Gasteiger charge is -2.73. The van der Waals surface area contributed by atoms with Crippen LogP contribution in [0.4, 0.5) is 0 Å². The summed E-state index contributed by atoms with van der Waals surface area (Å²) in [5.74, 6) is 3.37. The van der Waals surface area contributed by atoms with Gasteiger partial charge in [0.05, 0.1) is 17.9 Å². The van der Waals surface area contributed by atoms with Gasteiger partial charge in [0.15, 0.2) is 0 Å². The van der Waals surface area contributed by atoms with Gasteiger partial charge in [0.25, 0.3) is 0 Å². The predicted molar refractivity (Wildman–Crippen MR) is 160 cm³/mol. The maximum atomic E-state index is 15.2. The summed E-state index contributed by atoms with van der Waals surface area (Å²) in [5, 5.41) is 0. The fourth-order valence-electron chi connectivity index (χ4n) is 13.5. The van der Waals surface area contributed by atoms with Gasteiger partial charge in [-0.25, -0.2) is 0 Å². The van der Waals surface area contributed by atoms with Crippen LogP contribution in [0.3, 0.4) is 0 Å². The molecule has 9 aliphatic rings. The molecular formula is C37H51NO3. The summed E-state index contributed by atoms with van der Waals surface area (Å²) in [6, 6.07) is 11.2. The third kappa shape index (κ3) is 4.11. The van der Waals surface area contributed by atoms with Crippen molar-refractivity contribution in [3.05, 3.63) is 35.9 Å². The van der Waals surface area contributed by atoms with Crippen molar-refractivity contribution in [2.24, 2.45) is 45.3 Å². The van der Waals surface area contributed by atoms with Crippen molar-refractivity contribution >= 4 is 11.9 Å². The highest BCUT2D eigenvalue weighted by Crippen LogP contribution is 2.78. The molecule has 0 spiro atoms. The van der Waals surface area contributed by atoms with E-state index in [2.05, 4.69) is 35.2 Å². The molecule has 4 atom stereocenters. The Hall–Kier alpha value is -1.84. The van der Waals surface area contributed by atoms with Gasteiger partial charge in [-0.1, -0.05) is 49.6 Å². The minimum Gasteiger partial charge on any atom is -0.469 e. The zero-order valence-corrected chi connectivity index (χ0v) is 25.4. The van der Waals surface area contributed by atoms with Gasteiger partial charge in [0.1, 0.15) is 0 Å². The van der Waals surface area contributed by atoms with Crippen molar-refractivity contribution in [3.63, 3.8) is 0 Å². The maximum Gasteiger partial charge on any atom is 0.311 e. The lowest BCUT2D eigenvalue weighted by atomic mass is 9.31. The second-order valence-corrected chi connectivity index (χ2v) is 16.6. The Morgan fingerprint density at radius 3 is 1.85 bits per heavy atom. The first-order valence-electron chi connectivity index (χ1n) is 17.3. The smallest absolute Gasteiger partial charge is 0.311 e. The average Bonchev–Trinajstić information content (AvgIpc) is 2.96. The Kier molecular flexibility index (Phi) is 6.25. The number of amides is 1. The molecule has 9 saturated carbocycles. The summed E-state index contributed by atoms with van der Waals surface area (Å²) in [5.41, 5.74) is 1.43. The van der Waals surface area contributed by atoms with Crippen LogP contribution >= 0.6 is 0 Å². The second kappa shape index (κ2) is 9.58. The van der Waals surface area contributed by atoms with E-state index in [1.165, 1.54) is 76.2 Å². The standard InChI is InChI=1S/C37H51NO3/c1-41-33(40)35-18-29-15-30(19-35)23-37(22-29,25-35)36-20-27-14-28(21-36)17-34(16-27,24-36)32(39)38(31-10-6-3-7-11-31)13-12-26-8-4-2-5-9-26/h2,4-5,8-9,27-31H,3,6-7,10-25H2,1H3. The molecule has 4 nitrogen and oxygen atoms in total. The summed E-state index contributed by atoms with van der Waals surface area (Å²) in [6.07, 6.45) is 21.6. The number of hydrogen-bond donors (Lipinski definition) is 0. The summed E-state index contributed by atoms with van der Waals surface area (Å²) in [6.45, 7) is 0.873. The Morgan fingerprint density at radius 2 is 1.29 bits per heavy atom. The van der Waals surface area contributed by atoms with Crippen molar-refractivity contribution in [1.82, 2.24) is 4.90 Å². The lowest BCUT2D eigenvalue weighted by molar-refractivity contribution is -0.241. The molecule has 0 aromatic heterocycles. The van der Waals surface area contributed by atoms with Crippen LogP contribution in [-0.2, 0) is 20.7 Å². The predicted octanol–water partition coefficient (Wildman–Crippen LogP) is 7.74. The van der Waals surface area contributed by atoms with Gasteiger partial charge in [0.2, 0.25) is 5.91 Å². The van der Waals surface area contributed by atoms with Crippen molar-refractivity contribution in [1.29, 1.82) is 0 Å². The summed E-state index contributed by atoms with van der Waals surface area (Å²) in [4.78, 5) is 31.0. The zero-order valence-electron chi connectivity index (χ0n) is 25.4. The monoisotopic (exact) mass is 557 g/mol. The van der Waals surface area contributed by atoms with Gasteiger partial charge in [0, 0.05) is 12.6 Å². The molecule has 1 amide bonds. The molecule has 0 radical (unpaired) electrons. The molecule has 4 unspecified atom stereocenters. The van der Waals surface area contributed by atoms with Crippen LogP contribution in [0.25, 0.3) is 0 Å². The van der Waals surface area contributed by atoms with E-state index in [0.717, 1.165) is 51.5 Å². The van der Waals surface area contributed by atoms with Crippen LogP contribution in [0.15, 0.2) is 30.3 Å². The molecule has 1 aromatic rings. The minimum absolute atomic E-state index is 0.0795. The molecule has 0 heterocycles. The van der Waals surface area contributed by atoms with Gasteiger partial charge >= 0.3 is 5.97 Å². The number of esters is 1. The lowest BCUT2D eigenvalue weighted by Crippen LogP contribution is -2.67. The molecule has 0 saturated heterocycles. The van der Waals surface area contributed by atoms with Crippen molar-refractivity contribution < 1.29 is 14.3 Å². The minimum atomic E-state index is -0.247. The molecule has 9 aliphatic carbocycles. The van der Waals surface area contributed by atoms with Crippen LogP contribution in [-0.4, -0.2) is 36.5 Å². The molecule has 222 valence electrons. The van der Waals surface area contributed by atoms with E-state index in [-0.39, 0.29) is 27.6 Å². The molecular weight excluding hydrogens is 506 g/mol. The van der Waals surface area contributed by atoms with Crippen molar-refractivity contribution in [2.75, 3.05) is 13.7 Å². The van der Waals surface area contributed by atoms with Crippen molar-refractivity contribution in [2.45, 2.75) is 122 Å². The Bertz CT molecular complexity index is 1160. The number of carbonyl (C=O) groups is 2. The first kappa shape index (κ1) is 26.8. The first-order chi connectivity index (χ1) is 19.9. The van der Waals surface area contributed by atoms with Crippen molar-refractivity contribution in [3.8, 4) is 0 Å². The van der Waals surface area contributed by atoms with Crippen LogP contribution in [0.5, 0.6) is 0 Å². The van der Waals surface area contributed by atoms with E-state index in [1.807, 2.05) is 0 Å². The molecule has 9 fully saturated rings. The second-order valence-electron chi connectivity index (χ2n) is 16.6. The van der Waals surface area contributed by atoms with Crippen LogP contribution in [0.2, 0.25) is 0 Å². The summed E-state index contributed by atoms with van der Waals surface area (Å²) in [7, 11) is 1.61. The van der Waals surface area contributed by atoms with E-state index in [0.29, 0.717) is 35.6 Å². The molecule has 41 heavy (non-hydrogen) atoms. The van der Waals surface area contributed by atoms with Gasteiger partial charge in [-0.3, -0.25) is 9.59 Å². The van der Waals surface area contributed by atoms with Crippen LogP contribution < -0.4 is 0 Å². The third-order valence-electron chi connectivity index (χ3n) is 14.1. The Morgan fingerprint density at radius 1 is 0.756 bits per heavy atom. The fourth-order valence-corrected chi connectivity index (χ4v) is 13.5. The third-order valence-corrected chi connectivity index (χ3v) is 14.1. The number of methoxy groups -OCH3 is 1. The van der Waals surface area contributed by atoms with E-state index in [1.54, 1.807) is 7.11 Å². The van der Waals surface area contributed by atoms with Gasteiger partial charge < -0.3 is 9.64 Å². The number of rotatable bonds is 7. The van der Waals surface area contributed by atoms with E-state index < -0.39 is 0 Å². The van der Waals surface area contributed by atoms with E-state index >= 15 is 4.79 Å². The Labute approximate surface area is 247 Å². The largest absolute Gasteiger partial charge is 0.469 e. The maximum absolute atomic E-state index is 15.2. The normalized spacial score (nSPS) is 44.2. The molecule has 4 heteroatoms. The number of hydrogen-bond acceptors (Lipinski definition) is 3. The highest BCUT2D eigenvalue weighted by molar-refractivity contribution is 5.84. The molecule has 8 bridgehead atoms. The highest BCUT2D eigenvalue weighted by Gasteiger charge is 2.72. The molecule has 10 rings (SSSR count).